The molecular formula is C22H24N2O8. The fraction of sp³-hybridized carbons (Fsp3) is 0.318. The number of carbonyl (C=O) groups excluding carboxylic acids is 1. The van der Waals surface area contributed by atoms with E-state index >= 15 is 0 Å². The molecule has 170 valence electrons. The topological polar surface area (TPSA) is 126 Å². The van der Waals surface area contributed by atoms with Gasteiger partial charge < -0.3 is 29.3 Å². The molecule has 0 radical (unpaired) electrons. The van der Waals surface area contributed by atoms with Gasteiger partial charge in [-0.2, -0.15) is 0 Å². The number of rotatable bonds is 4. The van der Waals surface area contributed by atoms with Gasteiger partial charge in [0, 0.05) is 32.7 Å². The number of benzene rings is 2. The van der Waals surface area contributed by atoms with E-state index in [1.54, 1.807) is 7.11 Å². The van der Waals surface area contributed by atoms with E-state index in [2.05, 4.69) is 11.0 Å². The van der Waals surface area contributed by atoms with Gasteiger partial charge in [0.1, 0.15) is 5.75 Å². The van der Waals surface area contributed by atoms with Crippen LogP contribution in [0.5, 0.6) is 17.2 Å². The number of nitrogens with zero attached hydrogens (tertiary/aromatic N) is 2. The van der Waals surface area contributed by atoms with Crippen molar-refractivity contribution in [1.82, 2.24) is 9.80 Å². The van der Waals surface area contributed by atoms with Gasteiger partial charge in [0.25, 0.3) is 5.91 Å². The Morgan fingerprint density at radius 2 is 1.59 bits per heavy atom. The molecule has 0 unspecified atom stereocenters. The largest absolute Gasteiger partial charge is 0.496 e. The van der Waals surface area contributed by atoms with Gasteiger partial charge in [-0.25, -0.2) is 9.59 Å². The van der Waals surface area contributed by atoms with Crippen molar-refractivity contribution in [3.05, 3.63) is 53.6 Å². The minimum atomic E-state index is -1.82. The Labute approximate surface area is 184 Å². The maximum atomic E-state index is 12.8. The first kappa shape index (κ1) is 22.9. The number of piperazine rings is 1. The van der Waals surface area contributed by atoms with Crippen molar-refractivity contribution in [1.29, 1.82) is 0 Å². The van der Waals surface area contributed by atoms with E-state index in [0.717, 1.165) is 31.1 Å². The lowest BCUT2D eigenvalue weighted by Gasteiger charge is -2.35. The third kappa shape index (κ3) is 5.67. The molecular weight excluding hydrogens is 420 g/mol. The molecule has 0 saturated carbocycles. The van der Waals surface area contributed by atoms with Gasteiger partial charge in [0.15, 0.2) is 11.5 Å². The summed E-state index contributed by atoms with van der Waals surface area (Å²) in [6.07, 6.45) is 0. The summed E-state index contributed by atoms with van der Waals surface area (Å²) in [6.45, 7) is 4.24. The van der Waals surface area contributed by atoms with Crippen LogP contribution in [0, 0.1) is 0 Å². The molecule has 2 aliphatic heterocycles. The summed E-state index contributed by atoms with van der Waals surface area (Å²) >= 11 is 0. The van der Waals surface area contributed by atoms with E-state index in [1.165, 1.54) is 5.56 Å². The molecule has 2 aromatic rings. The number of carboxylic acid groups (broad SMARTS) is 2. The molecule has 2 heterocycles. The van der Waals surface area contributed by atoms with Crippen LogP contribution >= 0.6 is 0 Å². The van der Waals surface area contributed by atoms with Crippen molar-refractivity contribution < 1.29 is 38.8 Å². The zero-order valence-electron chi connectivity index (χ0n) is 17.5. The van der Waals surface area contributed by atoms with Crippen LogP contribution in [0.25, 0.3) is 0 Å². The van der Waals surface area contributed by atoms with E-state index in [9.17, 15) is 4.79 Å². The van der Waals surface area contributed by atoms with Crippen LogP contribution < -0.4 is 14.2 Å². The average Bonchev–Trinajstić information content (AvgIpc) is 3.27. The summed E-state index contributed by atoms with van der Waals surface area (Å²) in [6, 6.07) is 13.4. The lowest BCUT2D eigenvalue weighted by molar-refractivity contribution is -0.159. The molecule has 10 heteroatoms. The summed E-state index contributed by atoms with van der Waals surface area (Å²) < 4.78 is 16.1. The predicted molar refractivity (Wildman–Crippen MR) is 112 cm³/mol. The van der Waals surface area contributed by atoms with Crippen LogP contribution in [0.1, 0.15) is 15.9 Å². The van der Waals surface area contributed by atoms with Gasteiger partial charge in [-0.3, -0.25) is 9.69 Å². The Morgan fingerprint density at radius 1 is 0.938 bits per heavy atom. The number of hydrogen-bond acceptors (Lipinski definition) is 7. The van der Waals surface area contributed by atoms with Gasteiger partial charge in [-0.05, 0) is 29.8 Å². The maximum absolute atomic E-state index is 12.8. The second-order valence-electron chi connectivity index (χ2n) is 7.07. The number of aliphatic carboxylic acids is 2. The Kier molecular flexibility index (Phi) is 7.50. The first-order valence-corrected chi connectivity index (χ1v) is 9.88. The normalized spacial score (nSPS) is 14.8. The SMILES string of the molecule is COc1ccccc1C(=O)N1CCN(Cc2ccc3c(c2)OCO3)CC1.O=C(O)C(=O)O. The highest BCUT2D eigenvalue weighted by Crippen LogP contribution is 2.33. The Balaban J connectivity index is 0.000000427. The Morgan fingerprint density at radius 3 is 2.25 bits per heavy atom. The quantitative estimate of drug-likeness (QED) is 0.675. The minimum absolute atomic E-state index is 0.0326. The van der Waals surface area contributed by atoms with Crippen LogP contribution in [-0.2, 0) is 16.1 Å². The first-order valence-electron chi connectivity index (χ1n) is 9.88. The van der Waals surface area contributed by atoms with Crippen molar-refractivity contribution in [3.63, 3.8) is 0 Å². The minimum Gasteiger partial charge on any atom is -0.496 e. The standard InChI is InChI=1S/C20H22N2O4.C2H2O4/c1-24-17-5-3-2-4-16(17)20(23)22-10-8-21(9-11-22)13-15-6-7-18-19(12-15)26-14-25-18;3-1(4)2(5)6/h2-7,12H,8-11,13-14H2,1H3;(H,3,4)(H,5,6). The number of para-hydroxylation sites is 1. The number of carbonyl (C=O) groups is 3. The van der Waals surface area contributed by atoms with E-state index in [-0.39, 0.29) is 5.91 Å². The number of carboxylic acids is 2. The van der Waals surface area contributed by atoms with Crippen LogP contribution in [0.2, 0.25) is 0 Å². The second-order valence-corrected chi connectivity index (χ2v) is 7.07. The monoisotopic (exact) mass is 444 g/mol. The molecule has 0 bridgehead atoms. The number of methoxy groups -OCH3 is 1. The number of ether oxygens (including phenoxy) is 3. The molecule has 0 atom stereocenters. The van der Waals surface area contributed by atoms with Crippen molar-refractivity contribution in [2.75, 3.05) is 40.1 Å². The predicted octanol–water partition coefficient (Wildman–Crippen LogP) is 1.54. The zero-order valence-corrected chi connectivity index (χ0v) is 17.5. The highest BCUT2D eigenvalue weighted by molar-refractivity contribution is 6.27. The van der Waals surface area contributed by atoms with E-state index < -0.39 is 11.9 Å². The van der Waals surface area contributed by atoms with Gasteiger partial charge in [0.05, 0.1) is 12.7 Å². The molecule has 0 aliphatic carbocycles. The lowest BCUT2D eigenvalue weighted by atomic mass is 10.1. The number of fused-ring (bicyclic) bond motifs is 1. The van der Waals surface area contributed by atoms with E-state index in [4.69, 9.17) is 34.0 Å². The van der Waals surface area contributed by atoms with Crippen molar-refractivity contribution in [2.24, 2.45) is 0 Å². The molecule has 2 aromatic carbocycles. The third-order valence-electron chi connectivity index (χ3n) is 5.02. The third-order valence-corrected chi connectivity index (χ3v) is 5.02. The number of amides is 1. The summed E-state index contributed by atoms with van der Waals surface area (Å²) in [5.74, 6) is -1.37. The average molecular weight is 444 g/mol. The van der Waals surface area contributed by atoms with Crippen molar-refractivity contribution >= 4 is 17.8 Å². The van der Waals surface area contributed by atoms with Gasteiger partial charge >= 0.3 is 11.9 Å². The van der Waals surface area contributed by atoms with Crippen LogP contribution in [0.4, 0.5) is 0 Å². The van der Waals surface area contributed by atoms with Gasteiger partial charge in [-0.15, -0.1) is 0 Å². The molecule has 0 spiro atoms. The highest BCUT2D eigenvalue weighted by Gasteiger charge is 2.24. The number of hydrogen-bond donors (Lipinski definition) is 2. The highest BCUT2D eigenvalue weighted by atomic mass is 16.7. The first-order chi connectivity index (χ1) is 15.4. The van der Waals surface area contributed by atoms with Crippen LogP contribution in [0.15, 0.2) is 42.5 Å². The summed E-state index contributed by atoms with van der Waals surface area (Å²) in [7, 11) is 1.59. The molecule has 1 amide bonds. The van der Waals surface area contributed by atoms with Crippen LogP contribution in [-0.4, -0.2) is 77.9 Å². The second kappa shape index (κ2) is 10.5. The molecule has 4 rings (SSSR count). The smallest absolute Gasteiger partial charge is 0.414 e. The van der Waals surface area contributed by atoms with Gasteiger partial charge in [0.2, 0.25) is 6.79 Å². The van der Waals surface area contributed by atoms with Crippen molar-refractivity contribution in [3.8, 4) is 17.2 Å². The molecule has 2 N–H and O–H groups in total. The van der Waals surface area contributed by atoms with Crippen molar-refractivity contribution in [2.45, 2.75) is 6.54 Å². The maximum Gasteiger partial charge on any atom is 0.414 e. The lowest BCUT2D eigenvalue weighted by Crippen LogP contribution is -2.48. The molecule has 0 aromatic heterocycles. The summed E-state index contributed by atoms with van der Waals surface area (Å²) in [5.41, 5.74) is 1.82. The van der Waals surface area contributed by atoms with E-state index in [1.807, 2.05) is 41.3 Å². The molecule has 10 nitrogen and oxygen atoms in total. The van der Waals surface area contributed by atoms with Gasteiger partial charge in [-0.1, -0.05) is 18.2 Å². The molecule has 1 saturated heterocycles. The molecule has 1 fully saturated rings. The molecule has 32 heavy (non-hydrogen) atoms. The zero-order chi connectivity index (χ0) is 23.1. The molecule has 2 aliphatic rings. The summed E-state index contributed by atoms with van der Waals surface area (Å²) in [4.78, 5) is 35.2. The Bertz CT molecular complexity index is 974. The van der Waals surface area contributed by atoms with E-state index in [0.29, 0.717) is 31.2 Å². The Hall–Kier alpha value is -3.79. The van der Waals surface area contributed by atoms with Crippen LogP contribution in [0.3, 0.4) is 0 Å². The summed E-state index contributed by atoms with van der Waals surface area (Å²) in [5, 5.41) is 14.8. The fourth-order valence-electron chi connectivity index (χ4n) is 3.40. The fourth-order valence-corrected chi connectivity index (χ4v) is 3.40.